The number of halogens is 1. The van der Waals surface area contributed by atoms with Gasteiger partial charge in [0, 0.05) is 10.5 Å². The van der Waals surface area contributed by atoms with Gasteiger partial charge in [-0.2, -0.15) is 0 Å². The van der Waals surface area contributed by atoms with Crippen LogP contribution in [0.3, 0.4) is 0 Å². The Bertz CT molecular complexity index is 776. The molecule has 0 saturated heterocycles. The molecule has 0 radical (unpaired) electrons. The molecule has 0 spiro atoms. The molecule has 1 aliphatic rings. The smallest absolute Gasteiger partial charge is 0.331 e. The Hall–Kier alpha value is -1.82. The van der Waals surface area contributed by atoms with Gasteiger partial charge in [0.2, 0.25) is 5.88 Å². The van der Waals surface area contributed by atoms with Crippen molar-refractivity contribution in [2.75, 3.05) is 0 Å². The molecule has 2 unspecified atom stereocenters. The molecular formula is C14H13BrN2O3. The van der Waals surface area contributed by atoms with Gasteiger partial charge >= 0.3 is 5.69 Å². The molecular weight excluding hydrogens is 324 g/mol. The summed E-state index contributed by atoms with van der Waals surface area (Å²) in [6.45, 7) is 2.00. The average molecular weight is 337 g/mol. The van der Waals surface area contributed by atoms with E-state index in [9.17, 15) is 14.7 Å². The molecule has 2 atom stereocenters. The zero-order valence-electron chi connectivity index (χ0n) is 10.8. The normalized spacial score (nSPS) is 20.9. The maximum atomic E-state index is 12.0. The van der Waals surface area contributed by atoms with Crippen molar-refractivity contribution in [3.05, 3.63) is 49.6 Å². The largest absolute Gasteiger partial charge is 0.494 e. The summed E-state index contributed by atoms with van der Waals surface area (Å²) in [7, 11) is 0. The van der Waals surface area contributed by atoms with Crippen LogP contribution in [0.1, 0.15) is 19.4 Å². The number of aromatic nitrogens is 2. The third kappa shape index (κ3) is 2.10. The second-order valence-corrected chi connectivity index (χ2v) is 6.03. The van der Waals surface area contributed by atoms with Crippen molar-refractivity contribution in [2.45, 2.75) is 19.4 Å². The lowest BCUT2D eigenvalue weighted by Gasteiger charge is -2.11. The maximum absolute atomic E-state index is 12.0. The third-order valence-corrected chi connectivity index (χ3v) is 4.18. The highest BCUT2D eigenvalue weighted by atomic mass is 79.9. The Morgan fingerprint density at radius 3 is 2.45 bits per heavy atom. The third-order valence-electron chi connectivity index (χ3n) is 3.65. The second kappa shape index (κ2) is 4.63. The number of aromatic amines is 1. The van der Waals surface area contributed by atoms with Crippen molar-refractivity contribution in [1.29, 1.82) is 0 Å². The fraction of sp³-hybridized carbons (Fsp3) is 0.286. The highest BCUT2D eigenvalue weighted by molar-refractivity contribution is 9.10. The second-order valence-electron chi connectivity index (χ2n) is 5.12. The van der Waals surface area contributed by atoms with E-state index in [0.717, 1.165) is 10.9 Å². The molecule has 104 valence electrons. The SMILES string of the molecule is CC1CC1n1c(O)c(-c2ccc(Br)cc2)c(=O)[nH]c1=O. The van der Waals surface area contributed by atoms with Gasteiger partial charge in [0.1, 0.15) is 5.56 Å². The van der Waals surface area contributed by atoms with E-state index in [1.165, 1.54) is 4.57 Å². The summed E-state index contributed by atoms with van der Waals surface area (Å²) in [4.78, 5) is 26.1. The number of nitrogens with zero attached hydrogens (tertiary/aromatic N) is 1. The first-order chi connectivity index (χ1) is 9.49. The standard InChI is InChI=1S/C14H13BrN2O3/c1-7-6-10(7)17-13(19)11(12(18)16-14(17)20)8-2-4-9(15)5-3-8/h2-5,7,10,19H,6H2,1H3,(H,16,18,20). The van der Waals surface area contributed by atoms with Gasteiger partial charge < -0.3 is 5.11 Å². The fourth-order valence-electron chi connectivity index (χ4n) is 2.38. The van der Waals surface area contributed by atoms with Crippen LogP contribution in [0.5, 0.6) is 5.88 Å². The first-order valence-electron chi connectivity index (χ1n) is 6.32. The quantitative estimate of drug-likeness (QED) is 0.883. The lowest BCUT2D eigenvalue weighted by Crippen LogP contribution is -2.30. The van der Waals surface area contributed by atoms with Crippen LogP contribution >= 0.6 is 15.9 Å². The van der Waals surface area contributed by atoms with Crippen molar-refractivity contribution in [3.8, 4) is 17.0 Å². The lowest BCUT2D eigenvalue weighted by molar-refractivity contribution is 0.400. The number of rotatable bonds is 2. The first-order valence-corrected chi connectivity index (χ1v) is 7.12. The highest BCUT2D eigenvalue weighted by Gasteiger charge is 2.37. The number of benzene rings is 1. The van der Waals surface area contributed by atoms with E-state index in [2.05, 4.69) is 20.9 Å². The van der Waals surface area contributed by atoms with Crippen LogP contribution in [-0.2, 0) is 0 Å². The van der Waals surface area contributed by atoms with E-state index < -0.39 is 11.2 Å². The first kappa shape index (κ1) is 13.2. The minimum absolute atomic E-state index is 0.0338. The molecule has 1 saturated carbocycles. The van der Waals surface area contributed by atoms with E-state index in [-0.39, 0.29) is 17.5 Å². The van der Waals surface area contributed by atoms with Gasteiger partial charge in [-0.05, 0) is 30.0 Å². The van der Waals surface area contributed by atoms with Crippen molar-refractivity contribution in [3.63, 3.8) is 0 Å². The summed E-state index contributed by atoms with van der Waals surface area (Å²) >= 11 is 3.32. The van der Waals surface area contributed by atoms with E-state index in [1.807, 2.05) is 6.92 Å². The number of aromatic hydroxyl groups is 1. The van der Waals surface area contributed by atoms with Gasteiger partial charge in [-0.1, -0.05) is 35.0 Å². The van der Waals surface area contributed by atoms with Crippen LogP contribution in [0.2, 0.25) is 0 Å². The average Bonchev–Trinajstić information content (AvgIpc) is 3.08. The Balaban J connectivity index is 2.23. The van der Waals surface area contributed by atoms with Crippen molar-refractivity contribution in [2.24, 2.45) is 5.92 Å². The molecule has 6 heteroatoms. The molecule has 5 nitrogen and oxygen atoms in total. The van der Waals surface area contributed by atoms with Gasteiger partial charge in [0.15, 0.2) is 0 Å². The summed E-state index contributed by atoms with van der Waals surface area (Å²) in [5.41, 5.74) is -0.410. The molecule has 1 aromatic carbocycles. The van der Waals surface area contributed by atoms with Gasteiger partial charge in [-0.3, -0.25) is 14.3 Å². The van der Waals surface area contributed by atoms with Crippen LogP contribution in [0, 0.1) is 5.92 Å². The van der Waals surface area contributed by atoms with E-state index >= 15 is 0 Å². The molecule has 1 fully saturated rings. The molecule has 1 heterocycles. The summed E-state index contributed by atoms with van der Waals surface area (Å²) in [6.07, 6.45) is 0.833. The summed E-state index contributed by atoms with van der Waals surface area (Å²) in [5, 5.41) is 10.3. The lowest BCUT2D eigenvalue weighted by atomic mass is 10.1. The van der Waals surface area contributed by atoms with Crippen molar-refractivity contribution in [1.82, 2.24) is 9.55 Å². The van der Waals surface area contributed by atoms with Gasteiger partial charge in [0.05, 0.1) is 0 Å². The Kier molecular flexibility index (Phi) is 3.05. The molecule has 1 aromatic heterocycles. The van der Waals surface area contributed by atoms with Crippen LogP contribution in [-0.4, -0.2) is 14.7 Å². The Labute approximate surface area is 123 Å². The molecule has 0 aliphatic heterocycles. The zero-order chi connectivity index (χ0) is 14.4. The topological polar surface area (TPSA) is 75.1 Å². The highest BCUT2D eigenvalue weighted by Crippen LogP contribution is 2.44. The van der Waals surface area contributed by atoms with Crippen LogP contribution in [0.25, 0.3) is 11.1 Å². The molecule has 2 N–H and O–H groups in total. The predicted octanol–water partition coefficient (Wildman–Crippen LogP) is 2.25. The predicted molar refractivity (Wildman–Crippen MR) is 78.9 cm³/mol. The molecule has 1 aliphatic carbocycles. The molecule has 3 rings (SSSR count). The summed E-state index contributed by atoms with van der Waals surface area (Å²) in [6, 6.07) is 6.97. The van der Waals surface area contributed by atoms with Crippen LogP contribution < -0.4 is 11.2 Å². The number of hydrogen-bond donors (Lipinski definition) is 2. The van der Waals surface area contributed by atoms with Gasteiger partial charge in [-0.15, -0.1) is 0 Å². The monoisotopic (exact) mass is 336 g/mol. The minimum Gasteiger partial charge on any atom is -0.494 e. The zero-order valence-corrected chi connectivity index (χ0v) is 12.3. The summed E-state index contributed by atoms with van der Waals surface area (Å²) < 4.78 is 2.16. The maximum Gasteiger partial charge on any atom is 0.331 e. The molecule has 0 amide bonds. The number of hydrogen-bond acceptors (Lipinski definition) is 3. The van der Waals surface area contributed by atoms with Crippen LogP contribution in [0.4, 0.5) is 0 Å². The number of nitrogens with one attached hydrogen (secondary N) is 1. The Morgan fingerprint density at radius 2 is 1.90 bits per heavy atom. The van der Waals surface area contributed by atoms with Gasteiger partial charge in [0.25, 0.3) is 5.56 Å². The fourth-order valence-corrected chi connectivity index (χ4v) is 2.65. The minimum atomic E-state index is -0.570. The molecule has 2 aromatic rings. The van der Waals surface area contributed by atoms with E-state index in [1.54, 1.807) is 24.3 Å². The van der Waals surface area contributed by atoms with Crippen molar-refractivity contribution < 1.29 is 5.11 Å². The van der Waals surface area contributed by atoms with E-state index in [4.69, 9.17) is 0 Å². The number of H-pyrrole nitrogens is 1. The molecule has 20 heavy (non-hydrogen) atoms. The Morgan fingerprint density at radius 1 is 1.30 bits per heavy atom. The summed E-state index contributed by atoms with van der Waals surface area (Å²) in [5.74, 6) is 0.0812. The van der Waals surface area contributed by atoms with Gasteiger partial charge in [-0.25, -0.2) is 4.79 Å². The van der Waals surface area contributed by atoms with E-state index in [0.29, 0.717) is 11.5 Å². The molecule has 0 bridgehead atoms. The van der Waals surface area contributed by atoms with Crippen molar-refractivity contribution >= 4 is 15.9 Å². The van der Waals surface area contributed by atoms with Crippen LogP contribution in [0.15, 0.2) is 38.3 Å².